The Balaban J connectivity index is 0.00000702. The van der Waals surface area contributed by atoms with Gasteiger partial charge >= 0.3 is 0 Å². The first-order chi connectivity index (χ1) is 23.5. The Labute approximate surface area is 308 Å². The zero-order chi connectivity index (χ0) is 36.9. The molecule has 0 saturated heterocycles. The molecule has 0 radical (unpaired) electrons. The summed E-state index contributed by atoms with van der Waals surface area (Å²) in [6.07, 6.45) is 6.37. The lowest BCUT2D eigenvalue weighted by atomic mass is 10.3. The summed E-state index contributed by atoms with van der Waals surface area (Å²) in [7, 11) is 10.2. The van der Waals surface area contributed by atoms with Gasteiger partial charge in [0.15, 0.2) is 5.96 Å². The molecule has 0 saturated carbocycles. The van der Waals surface area contributed by atoms with Crippen molar-refractivity contribution in [3.63, 3.8) is 0 Å². The summed E-state index contributed by atoms with van der Waals surface area (Å²) >= 11 is 3.02. The van der Waals surface area contributed by atoms with Gasteiger partial charge in [-0.25, -0.2) is 0 Å². The molecule has 19 heteroatoms. The third-order valence-electron chi connectivity index (χ3n) is 7.36. The van der Waals surface area contributed by atoms with Crippen molar-refractivity contribution in [2.24, 2.45) is 38.9 Å². The predicted molar refractivity (Wildman–Crippen MR) is 202 cm³/mol. The van der Waals surface area contributed by atoms with Crippen molar-refractivity contribution in [1.29, 1.82) is 0 Å². The average molecular weight is 788 g/mol. The zero-order valence-corrected chi connectivity index (χ0v) is 31.2. The molecule has 4 aromatic rings. The van der Waals surface area contributed by atoms with Crippen LogP contribution in [0.1, 0.15) is 42.0 Å². The highest BCUT2D eigenvalue weighted by Crippen LogP contribution is 2.21. The molecule has 0 unspecified atom stereocenters. The first kappa shape index (κ1) is 39.7. The Hall–Kier alpha value is -5.75. The number of aromatic nitrogens is 4. The monoisotopic (exact) mass is 786 g/mol. The summed E-state index contributed by atoms with van der Waals surface area (Å²) < 4.78 is 6.40. The van der Waals surface area contributed by atoms with Gasteiger partial charge in [-0.2, -0.15) is 0 Å². The van der Waals surface area contributed by atoms with Gasteiger partial charge in [-0.05, 0) is 40.2 Å². The summed E-state index contributed by atoms with van der Waals surface area (Å²) in [5.74, 6) is -1.81. The smallest absolute Gasteiger partial charge is 0.272 e. The highest BCUT2D eigenvalue weighted by atomic mass is 79.9. The van der Waals surface area contributed by atoms with E-state index in [1.54, 1.807) is 96.3 Å². The Kier molecular flexibility index (Phi) is 13.1. The topological polar surface area (TPSA) is 207 Å². The van der Waals surface area contributed by atoms with Crippen LogP contribution in [0, 0.1) is 0 Å². The largest absolute Gasteiger partial charge is 0.370 e. The normalized spacial score (nSPS) is 10.9. The SMILES string of the molecule is C=C(Br)C(=O)Nc1cc(C(=O)Nc2cc(C(=O)Nc3cc(C(=O)Nc4cc(C(=O)NCCN=C(N)N(C)C)n(C)c4)n(C)c3)n(C)c2)n(C)c1.Cl. The number of nitrogens with two attached hydrogens (primary N) is 1. The number of carbonyl (C=O) groups is 5. The molecule has 0 fully saturated rings. The first-order valence-electron chi connectivity index (χ1n) is 15.0. The lowest BCUT2D eigenvalue weighted by Crippen LogP contribution is -2.32. The van der Waals surface area contributed by atoms with Gasteiger partial charge in [0.05, 0.1) is 33.8 Å². The molecule has 4 rings (SSSR count). The van der Waals surface area contributed by atoms with Crippen molar-refractivity contribution in [3.8, 4) is 0 Å². The number of guanidine groups is 1. The second-order valence-corrected chi connectivity index (χ2v) is 12.5. The van der Waals surface area contributed by atoms with Crippen LogP contribution >= 0.6 is 28.3 Å². The maximum absolute atomic E-state index is 13.2. The Morgan fingerprint density at radius 1 is 0.686 bits per heavy atom. The maximum Gasteiger partial charge on any atom is 0.272 e. The van der Waals surface area contributed by atoms with Crippen molar-refractivity contribution < 1.29 is 24.0 Å². The van der Waals surface area contributed by atoms with E-state index in [1.165, 1.54) is 18.2 Å². The summed E-state index contributed by atoms with van der Waals surface area (Å²) in [5.41, 5.74) is 8.41. The third kappa shape index (κ3) is 9.92. The van der Waals surface area contributed by atoms with Crippen LogP contribution < -0.4 is 32.3 Å². The summed E-state index contributed by atoms with van der Waals surface area (Å²) in [6, 6.07) is 6.10. The van der Waals surface area contributed by atoms with E-state index >= 15 is 0 Å². The van der Waals surface area contributed by atoms with Crippen LogP contribution in [0.5, 0.6) is 0 Å². The van der Waals surface area contributed by atoms with Crippen molar-refractivity contribution in [3.05, 3.63) is 82.9 Å². The molecule has 0 aliphatic carbocycles. The van der Waals surface area contributed by atoms with E-state index in [1.807, 2.05) is 0 Å². The van der Waals surface area contributed by atoms with E-state index in [0.717, 1.165) is 0 Å². The van der Waals surface area contributed by atoms with Crippen LogP contribution in [0.15, 0.2) is 65.1 Å². The molecule has 0 aromatic carbocycles. The maximum atomic E-state index is 13.2. The minimum Gasteiger partial charge on any atom is -0.370 e. The number of hydrogen-bond acceptors (Lipinski definition) is 6. The number of aryl methyl sites for hydroxylation is 4. The van der Waals surface area contributed by atoms with Crippen molar-refractivity contribution in [2.45, 2.75) is 0 Å². The molecule has 0 aliphatic heterocycles. The molecular weight excluding hydrogens is 748 g/mol. The highest BCUT2D eigenvalue weighted by Gasteiger charge is 2.20. The molecule has 0 atom stereocenters. The molecule has 4 heterocycles. The molecular formula is C32H40BrClN12O5. The average Bonchev–Trinajstić information content (AvgIpc) is 3.80. The van der Waals surface area contributed by atoms with Gasteiger partial charge in [-0.3, -0.25) is 29.0 Å². The number of carbonyl (C=O) groups excluding carboxylic acids is 5. The molecule has 0 aliphatic rings. The van der Waals surface area contributed by atoms with Gasteiger partial charge in [-0.15, -0.1) is 12.4 Å². The number of nitrogens with zero attached hydrogens (tertiary/aromatic N) is 6. The van der Waals surface area contributed by atoms with Crippen LogP contribution in [0.3, 0.4) is 0 Å². The van der Waals surface area contributed by atoms with Crippen LogP contribution in [-0.2, 0) is 33.0 Å². The fourth-order valence-electron chi connectivity index (χ4n) is 4.79. The summed E-state index contributed by atoms with van der Waals surface area (Å²) in [6.45, 7) is 4.11. The van der Waals surface area contributed by atoms with Gasteiger partial charge in [0.25, 0.3) is 29.5 Å². The third-order valence-corrected chi connectivity index (χ3v) is 7.72. The van der Waals surface area contributed by atoms with Crippen LogP contribution in [0.4, 0.5) is 22.7 Å². The number of halogens is 2. The fourth-order valence-corrected chi connectivity index (χ4v) is 4.89. The van der Waals surface area contributed by atoms with E-state index < -0.39 is 23.6 Å². The predicted octanol–water partition coefficient (Wildman–Crippen LogP) is 2.67. The Morgan fingerprint density at radius 3 is 1.35 bits per heavy atom. The lowest BCUT2D eigenvalue weighted by Gasteiger charge is -2.10. The van der Waals surface area contributed by atoms with E-state index in [-0.39, 0.29) is 46.4 Å². The second kappa shape index (κ2) is 16.8. The first-order valence-corrected chi connectivity index (χ1v) is 15.8. The number of amides is 5. The van der Waals surface area contributed by atoms with Crippen molar-refractivity contribution in [2.75, 3.05) is 48.5 Å². The molecule has 272 valence electrons. The van der Waals surface area contributed by atoms with E-state index in [9.17, 15) is 24.0 Å². The number of aliphatic imine (C=N–C) groups is 1. The van der Waals surface area contributed by atoms with Crippen LogP contribution in [-0.4, -0.2) is 85.8 Å². The molecule has 7 N–H and O–H groups in total. The van der Waals surface area contributed by atoms with E-state index in [0.29, 0.717) is 40.9 Å². The molecule has 4 aromatic heterocycles. The second-order valence-electron chi connectivity index (χ2n) is 11.5. The summed E-state index contributed by atoms with van der Waals surface area (Å²) in [4.78, 5) is 69.7. The van der Waals surface area contributed by atoms with Gasteiger partial charge < -0.3 is 55.5 Å². The van der Waals surface area contributed by atoms with Crippen LogP contribution in [0.25, 0.3) is 0 Å². The number of hydrogen-bond donors (Lipinski definition) is 6. The van der Waals surface area contributed by atoms with Gasteiger partial charge in [0.1, 0.15) is 22.8 Å². The number of rotatable bonds is 12. The molecule has 0 spiro atoms. The van der Waals surface area contributed by atoms with Gasteiger partial charge in [0.2, 0.25) is 0 Å². The molecule has 51 heavy (non-hydrogen) atoms. The minimum atomic E-state index is -0.474. The standard InChI is InChI=1S/C32H39BrN12O5.ClH/c1-18(33)27(46)37-19-11-24(43(5)14-19)29(48)39-21-13-26(45(7)16-21)31(50)40-22-12-25(44(6)17-22)30(49)38-20-10-23(42(4)15-20)28(47)35-8-9-36-32(34)41(2)3;/h10-17H,1,8-9H2,2-7H3,(H2,34,36)(H,35,47)(H,37,46)(H,38,49)(H,39,48)(H,40,50);1H. The van der Waals surface area contributed by atoms with E-state index in [4.69, 9.17) is 5.73 Å². The van der Waals surface area contributed by atoms with Crippen molar-refractivity contribution in [1.82, 2.24) is 28.5 Å². The van der Waals surface area contributed by atoms with Crippen LogP contribution in [0.2, 0.25) is 0 Å². The van der Waals surface area contributed by atoms with Crippen molar-refractivity contribution >= 4 is 86.6 Å². The molecule has 0 bridgehead atoms. The quantitative estimate of drug-likeness (QED) is 0.0548. The lowest BCUT2D eigenvalue weighted by molar-refractivity contribution is -0.112. The van der Waals surface area contributed by atoms with Gasteiger partial charge in [0, 0.05) is 73.6 Å². The number of nitrogens with one attached hydrogen (secondary N) is 5. The zero-order valence-electron chi connectivity index (χ0n) is 28.8. The number of anilines is 4. The fraction of sp³-hybridized carbons (Fsp3) is 0.250. The van der Waals surface area contributed by atoms with Gasteiger partial charge in [-0.1, -0.05) is 6.58 Å². The highest BCUT2D eigenvalue weighted by molar-refractivity contribution is 9.12. The Morgan fingerprint density at radius 2 is 1.02 bits per heavy atom. The summed E-state index contributed by atoms with van der Waals surface area (Å²) in [5, 5.41) is 13.7. The van der Waals surface area contributed by atoms with E-state index in [2.05, 4.69) is 54.1 Å². The minimum absolute atomic E-state index is 0. The molecule has 17 nitrogen and oxygen atoms in total. The molecule has 5 amide bonds. The Bertz CT molecular complexity index is 2020.